The van der Waals surface area contributed by atoms with Crippen LogP contribution in [0.25, 0.3) is 11.0 Å². The van der Waals surface area contributed by atoms with Crippen LogP contribution in [0.4, 0.5) is 5.69 Å². The molecule has 2 unspecified atom stereocenters. The largest absolute Gasteiger partial charge is 0.488 e. The van der Waals surface area contributed by atoms with Gasteiger partial charge in [-0.25, -0.2) is 15.0 Å². The molecule has 3 saturated heterocycles. The van der Waals surface area contributed by atoms with Crippen molar-refractivity contribution in [2.24, 2.45) is 7.05 Å². The second kappa shape index (κ2) is 8.30. The van der Waals surface area contributed by atoms with E-state index >= 15 is 0 Å². The molecule has 3 aromatic rings. The van der Waals surface area contributed by atoms with E-state index in [9.17, 15) is 4.79 Å². The van der Waals surface area contributed by atoms with Gasteiger partial charge < -0.3 is 23.7 Å². The van der Waals surface area contributed by atoms with Gasteiger partial charge in [0.2, 0.25) is 0 Å². The van der Waals surface area contributed by atoms with Gasteiger partial charge >= 0.3 is 6.01 Å². The summed E-state index contributed by atoms with van der Waals surface area (Å²) >= 11 is 0. The van der Waals surface area contributed by atoms with Gasteiger partial charge in [0, 0.05) is 50.7 Å². The molecular weight excluding hydrogens is 422 g/mol. The first-order valence-corrected chi connectivity index (χ1v) is 11.6. The maximum Gasteiger partial charge on any atom is 0.316 e. The summed E-state index contributed by atoms with van der Waals surface area (Å²) in [7, 11) is 1.77. The number of piperidine rings is 1. The standard InChI is InChI=1S/C24H27N5O4/c1-28-22(30)12-27-20-9-15(29-13-18-11-19(14-29)31-18)10-21(23(20)28)32-16-3-5-17(6-4-16)33-24-25-7-2-8-26-24/h2,7-10,12,16-19H,3-6,11,13-14H2,1H3. The van der Waals surface area contributed by atoms with Crippen molar-refractivity contribution in [1.82, 2.24) is 19.5 Å². The van der Waals surface area contributed by atoms with Gasteiger partial charge in [0.05, 0.1) is 30.0 Å². The van der Waals surface area contributed by atoms with Crippen molar-refractivity contribution in [2.75, 3.05) is 18.0 Å². The van der Waals surface area contributed by atoms with Crippen LogP contribution < -0.4 is 19.9 Å². The van der Waals surface area contributed by atoms with Crippen LogP contribution >= 0.6 is 0 Å². The molecule has 3 aliphatic heterocycles. The van der Waals surface area contributed by atoms with E-state index in [2.05, 4.69) is 32.0 Å². The normalized spacial score (nSPS) is 26.6. The molecule has 0 spiro atoms. The minimum atomic E-state index is -0.146. The number of nitrogens with zero attached hydrogens (tertiary/aromatic N) is 5. The molecule has 0 radical (unpaired) electrons. The molecule has 9 nitrogen and oxygen atoms in total. The molecule has 2 bridgehead atoms. The smallest absolute Gasteiger partial charge is 0.316 e. The van der Waals surface area contributed by atoms with E-state index in [0.29, 0.717) is 24.0 Å². The molecule has 1 aliphatic carbocycles. The number of ether oxygens (including phenoxy) is 3. The molecule has 33 heavy (non-hydrogen) atoms. The third-order valence-electron chi connectivity index (χ3n) is 6.87. The van der Waals surface area contributed by atoms with Gasteiger partial charge in [-0.15, -0.1) is 0 Å². The summed E-state index contributed by atoms with van der Waals surface area (Å²) in [5.74, 6) is 0.714. The highest BCUT2D eigenvalue weighted by Gasteiger charge is 2.38. The fraction of sp³-hybridized carbons (Fsp3) is 0.500. The third kappa shape index (κ3) is 4.01. The minimum Gasteiger partial charge on any atom is -0.488 e. The molecule has 4 aliphatic rings. The monoisotopic (exact) mass is 449 g/mol. The Hall–Kier alpha value is -3.20. The summed E-state index contributed by atoms with van der Waals surface area (Å²) in [6.45, 7) is 1.74. The zero-order chi connectivity index (χ0) is 22.4. The topological polar surface area (TPSA) is 91.6 Å². The highest BCUT2D eigenvalue weighted by molar-refractivity contribution is 5.86. The predicted octanol–water partition coefficient (Wildman–Crippen LogP) is 2.47. The van der Waals surface area contributed by atoms with E-state index in [1.165, 1.54) is 6.20 Å². The van der Waals surface area contributed by atoms with Crippen LogP contribution in [0.2, 0.25) is 0 Å². The van der Waals surface area contributed by atoms with Gasteiger partial charge in [0.1, 0.15) is 17.4 Å². The number of hydrogen-bond acceptors (Lipinski definition) is 8. The fourth-order valence-electron chi connectivity index (χ4n) is 5.12. The highest BCUT2D eigenvalue weighted by Crippen LogP contribution is 2.37. The first-order valence-electron chi connectivity index (χ1n) is 11.6. The Morgan fingerprint density at radius 2 is 1.64 bits per heavy atom. The van der Waals surface area contributed by atoms with Crippen LogP contribution in [0, 0.1) is 0 Å². The summed E-state index contributed by atoms with van der Waals surface area (Å²) in [5.41, 5.74) is 2.43. The van der Waals surface area contributed by atoms with Crippen molar-refractivity contribution in [1.29, 1.82) is 0 Å². The summed E-state index contributed by atoms with van der Waals surface area (Å²) < 4.78 is 19.9. The summed E-state index contributed by atoms with van der Waals surface area (Å²) in [5, 5.41) is 0. The van der Waals surface area contributed by atoms with Crippen LogP contribution in [-0.2, 0) is 11.8 Å². The van der Waals surface area contributed by atoms with Crippen LogP contribution in [0.3, 0.4) is 0 Å². The Balaban J connectivity index is 1.23. The van der Waals surface area contributed by atoms with Crippen molar-refractivity contribution in [3.63, 3.8) is 0 Å². The molecule has 4 fully saturated rings. The average molecular weight is 450 g/mol. The van der Waals surface area contributed by atoms with Crippen LogP contribution in [-0.4, -0.2) is 57.0 Å². The molecule has 172 valence electrons. The number of aromatic nitrogens is 4. The van der Waals surface area contributed by atoms with Crippen molar-refractivity contribution in [3.05, 3.63) is 47.1 Å². The summed E-state index contributed by atoms with van der Waals surface area (Å²) in [4.78, 5) is 27.4. The molecule has 2 atom stereocenters. The van der Waals surface area contributed by atoms with Crippen molar-refractivity contribution in [2.45, 2.75) is 56.5 Å². The fourth-order valence-corrected chi connectivity index (χ4v) is 5.12. The Labute approximate surface area is 191 Å². The van der Waals surface area contributed by atoms with Gasteiger partial charge in [-0.3, -0.25) is 4.79 Å². The summed E-state index contributed by atoms with van der Waals surface area (Å²) in [6.07, 6.45) is 10.1. The van der Waals surface area contributed by atoms with E-state index in [1.807, 2.05) is 0 Å². The lowest BCUT2D eigenvalue weighted by molar-refractivity contribution is -0.133. The maximum absolute atomic E-state index is 12.3. The number of rotatable bonds is 5. The number of morpholine rings is 1. The van der Waals surface area contributed by atoms with Crippen molar-refractivity contribution >= 4 is 16.7 Å². The maximum atomic E-state index is 12.3. The Morgan fingerprint density at radius 1 is 0.970 bits per heavy atom. The molecular formula is C24H27N5O4. The zero-order valence-corrected chi connectivity index (χ0v) is 18.6. The van der Waals surface area contributed by atoms with Crippen molar-refractivity contribution in [3.8, 4) is 11.8 Å². The first-order chi connectivity index (χ1) is 16.1. The number of hydrogen-bond donors (Lipinski definition) is 0. The zero-order valence-electron chi connectivity index (χ0n) is 18.6. The molecule has 1 saturated carbocycles. The molecule has 5 heterocycles. The van der Waals surface area contributed by atoms with E-state index in [1.54, 1.807) is 30.1 Å². The van der Waals surface area contributed by atoms with Crippen LogP contribution in [0.15, 0.2) is 41.6 Å². The van der Waals surface area contributed by atoms with Crippen LogP contribution in [0.5, 0.6) is 11.8 Å². The van der Waals surface area contributed by atoms with Gasteiger partial charge in [0.15, 0.2) is 0 Å². The molecule has 9 heteroatoms. The van der Waals surface area contributed by atoms with E-state index in [0.717, 1.165) is 61.9 Å². The van der Waals surface area contributed by atoms with E-state index < -0.39 is 0 Å². The molecule has 0 N–H and O–H groups in total. The number of benzene rings is 1. The van der Waals surface area contributed by atoms with E-state index in [-0.39, 0.29) is 17.8 Å². The van der Waals surface area contributed by atoms with Gasteiger partial charge in [-0.2, -0.15) is 0 Å². The van der Waals surface area contributed by atoms with Crippen LogP contribution in [0.1, 0.15) is 32.1 Å². The Bertz CT molecular complexity index is 1190. The number of aryl methyl sites for hydroxylation is 1. The van der Waals surface area contributed by atoms with Gasteiger partial charge in [0.25, 0.3) is 5.56 Å². The van der Waals surface area contributed by atoms with Gasteiger partial charge in [-0.05, 0) is 37.8 Å². The lowest BCUT2D eigenvalue weighted by Crippen LogP contribution is -2.57. The average Bonchev–Trinajstić information content (AvgIpc) is 2.83. The molecule has 1 aromatic carbocycles. The first kappa shape index (κ1) is 20.4. The number of anilines is 1. The second-order valence-electron chi connectivity index (χ2n) is 9.15. The molecule has 7 rings (SSSR count). The summed E-state index contributed by atoms with van der Waals surface area (Å²) in [6, 6.07) is 6.31. The van der Waals surface area contributed by atoms with Crippen molar-refractivity contribution < 1.29 is 14.2 Å². The van der Waals surface area contributed by atoms with Gasteiger partial charge in [-0.1, -0.05) is 0 Å². The lowest BCUT2D eigenvalue weighted by atomic mass is 9.95. The van der Waals surface area contributed by atoms with E-state index in [4.69, 9.17) is 14.2 Å². The lowest BCUT2D eigenvalue weighted by Gasteiger charge is -2.48. The second-order valence-corrected chi connectivity index (χ2v) is 9.15. The Morgan fingerprint density at radius 3 is 2.33 bits per heavy atom. The molecule has 0 amide bonds. The highest BCUT2D eigenvalue weighted by atomic mass is 16.5. The predicted molar refractivity (Wildman–Crippen MR) is 122 cm³/mol. The third-order valence-corrected chi connectivity index (χ3v) is 6.87. The number of fused-ring (bicyclic) bond motifs is 3. The quantitative estimate of drug-likeness (QED) is 0.587. The SMILES string of the molecule is Cn1c(=O)cnc2cc(N3CC4CC(C3)O4)cc(OC3CCC(Oc4ncccn4)CC3)c21. The minimum absolute atomic E-state index is 0.0494. The Kier molecular flexibility index (Phi) is 5.13. The molecule has 2 aromatic heterocycles.